The molecule has 2 aromatic carbocycles. The van der Waals surface area contributed by atoms with Crippen LogP contribution in [0.1, 0.15) is 142 Å². The van der Waals surface area contributed by atoms with Gasteiger partial charge in [-0.25, -0.2) is 0 Å². The van der Waals surface area contributed by atoms with E-state index in [0.717, 1.165) is 85.7 Å². The molecule has 0 atom stereocenters. The average molecular weight is 847 g/mol. The van der Waals surface area contributed by atoms with Gasteiger partial charge in [0.2, 0.25) is 11.8 Å². The van der Waals surface area contributed by atoms with Crippen molar-refractivity contribution >= 4 is 17.7 Å². The number of benzene rings is 2. The van der Waals surface area contributed by atoms with Crippen LogP contribution in [0.15, 0.2) is 72.8 Å². The molecule has 2 saturated carbocycles. The molecule has 0 saturated heterocycles. The molecule has 0 unspecified atom stereocenters. The Morgan fingerprint density at radius 1 is 0.468 bits per heavy atom. The van der Waals surface area contributed by atoms with Gasteiger partial charge in [0, 0.05) is 48.9 Å². The number of rotatable bonds is 24. The van der Waals surface area contributed by atoms with Gasteiger partial charge in [-0.15, -0.1) is 20.4 Å². The van der Waals surface area contributed by atoms with Gasteiger partial charge in [-0.1, -0.05) is 65.2 Å². The van der Waals surface area contributed by atoms with Crippen molar-refractivity contribution in [1.29, 1.82) is 0 Å². The van der Waals surface area contributed by atoms with Crippen LogP contribution < -0.4 is 18.9 Å². The number of carbonyl (C=O) groups excluding carboxylic acids is 3. The molecule has 332 valence electrons. The van der Waals surface area contributed by atoms with E-state index in [1.54, 1.807) is 24.3 Å². The van der Waals surface area contributed by atoms with Crippen molar-refractivity contribution in [2.24, 2.45) is 23.7 Å². The summed E-state index contributed by atoms with van der Waals surface area (Å²) >= 11 is 0. The molecular formula is C51H66N4O7. The second-order valence-corrected chi connectivity index (χ2v) is 17.4. The minimum Gasteiger partial charge on any atom is -0.476 e. The predicted molar refractivity (Wildman–Crippen MR) is 240 cm³/mol. The van der Waals surface area contributed by atoms with E-state index < -0.39 is 0 Å². The Morgan fingerprint density at radius 3 is 1.21 bits per heavy atom. The van der Waals surface area contributed by atoms with Gasteiger partial charge >= 0.3 is 11.9 Å². The zero-order chi connectivity index (χ0) is 43.4. The summed E-state index contributed by atoms with van der Waals surface area (Å²) in [5, 5.41) is 17.3. The average Bonchev–Trinajstić information content (AvgIpc) is 3.30. The van der Waals surface area contributed by atoms with Gasteiger partial charge in [0.25, 0.3) is 0 Å². The second kappa shape index (κ2) is 25.1. The fraction of sp³-hybridized carbons (Fsp3) is 0.549. The highest BCUT2D eigenvalue weighted by Gasteiger charge is 2.23. The number of ether oxygens (including phenoxy) is 4. The first kappa shape index (κ1) is 46.3. The second-order valence-electron chi connectivity index (χ2n) is 17.4. The molecule has 0 radical (unpaired) electrons. The number of hydrogen-bond donors (Lipinski definition) is 0. The topological polar surface area (TPSA) is 140 Å². The van der Waals surface area contributed by atoms with E-state index in [4.69, 9.17) is 18.9 Å². The Hall–Kier alpha value is -5.19. The number of nitrogens with zero attached hydrogens (tertiary/aromatic N) is 4. The highest BCUT2D eigenvalue weighted by atomic mass is 16.5. The fourth-order valence-corrected chi connectivity index (χ4v) is 8.68. The Morgan fingerprint density at radius 2 is 0.855 bits per heavy atom. The van der Waals surface area contributed by atoms with Gasteiger partial charge < -0.3 is 18.9 Å². The summed E-state index contributed by atoms with van der Waals surface area (Å²) < 4.78 is 22.7. The normalized spacial score (nSPS) is 18.7. The van der Waals surface area contributed by atoms with Crippen molar-refractivity contribution in [2.45, 2.75) is 142 Å². The molecule has 11 heteroatoms. The third kappa shape index (κ3) is 15.6. The van der Waals surface area contributed by atoms with Gasteiger partial charge in [0.1, 0.15) is 17.3 Å². The summed E-state index contributed by atoms with van der Waals surface area (Å²) in [5.41, 5.74) is 3.28. The summed E-state index contributed by atoms with van der Waals surface area (Å²) in [4.78, 5) is 36.1. The van der Waals surface area contributed by atoms with Crippen molar-refractivity contribution in [3.63, 3.8) is 0 Å². The molecule has 2 aromatic heterocycles. The number of Topliss-reactive ketones (excluding diaryl/α,β-unsaturated/α-hetero) is 1. The number of unbranched alkanes of at least 4 members (excludes halogenated alkanes) is 2. The van der Waals surface area contributed by atoms with Crippen LogP contribution in [0.2, 0.25) is 0 Å². The third-order valence-electron chi connectivity index (χ3n) is 12.5. The van der Waals surface area contributed by atoms with Crippen molar-refractivity contribution in [3.05, 3.63) is 72.8 Å². The minimum absolute atomic E-state index is 0.224. The molecule has 2 fully saturated rings. The summed E-state index contributed by atoms with van der Waals surface area (Å²) in [6.07, 6.45) is 20.1. The molecule has 2 aliphatic rings. The standard InChI is InChI=1S/C51H66N4O7/c1-3-9-50(57)61-44-27-23-41(24-28-44)46-31-33-48(54-52-46)59-35-39-19-15-37(16-20-39)11-5-7-13-43(56)14-8-6-12-38-17-21-40(22-18-38)36-60-49-34-32-47(53-55-49)42-25-29-45(30-26-42)62-51(58)10-4-2/h23-34,37-40H,3-22,35-36H2,1-2H3. The molecular weight excluding hydrogens is 781 g/mol. The van der Waals surface area contributed by atoms with Crippen LogP contribution >= 0.6 is 0 Å². The lowest BCUT2D eigenvalue weighted by Gasteiger charge is -2.28. The summed E-state index contributed by atoms with van der Waals surface area (Å²) in [6, 6.07) is 22.2. The van der Waals surface area contributed by atoms with Crippen LogP contribution in [-0.2, 0) is 14.4 Å². The summed E-state index contributed by atoms with van der Waals surface area (Å²) in [6.45, 7) is 5.23. The lowest BCUT2D eigenvalue weighted by atomic mass is 9.80. The lowest BCUT2D eigenvalue weighted by molar-refractivity contribution is -0.135. The quantitative estimate of drug-likeness (QED) is 0.0378. The number of hydrogen-bond acceptors (Lipinski definition) is 11. The molecule has 0 spiro atoms. The maximum absolute atomic E-state index is 12.6. The first-order valence-corrected chi connectivity index (χ1v) is 23.4. The van der Waals surface area contributed by atoms with Crippen LogP contribution in [-0.4, -0.2) is 51.3 Å². The number of ketones is 1. The molecule has 2 heterocycles. The monoisotopic (exact) mass is 846 g/mol. The van der Waals surface area contributed by atoms with E-state index in [1.165, 1.54) is 64.2 Å². The first-order valence-electron chi connectivity index (χ1n) is 23.4. The zero-order valence-corrected chi connectivity index (χ0v) is 36.9. The van der Waals surface area contributed by atoms with E-state index >= 15 is 0 Å². The number of esters is 2. The van der Waals surface area contributed by atoms with Crippen LogP contribution in [0.25, 0.3) is 22.5 Å². The van der Waals surface area contributed by atoms with Gasteiger partial charge in [-0.2, -0.15) is 0 Å². The Balaban J connectivity index is 0.747. The molecule has 0 aliphatic heterocycles. The van der Waals surface area contributed by atoms with E-state index in [1.807, 2.05) is 62.4 Å². The molecule has 6 rings (SSSR count). The highest BCUT2D eigenvalue weighted by molar-refractivity contribution is 5.78. The number of carbonyl (C=O) groups is 3. The van der Waals surface area contributed by atoms with Crippen LogP contribution in [0, 0.1) is 23.7 Å². The summed E-state index contributed by atoms with van der Waals surface area (Å²) in [5.74, 6) is 4.72. The van der Waals surface area contributed by atoms with Crippen LogP contribution in [0.3, 0.4) is 0 Å². The molecule has 0 bridgehead atoms. The van der Waals surface area contributed by atoms with Gasteiger partial charge in [0.15, 0.2) is 0 Å². The molecule has 0 amide bonds. The lowest BCUT2D eigenvalue weighted by Crippen LogP contribution is -2.20. The Bertz CT molecular complexity index is 1800. The van der Waals surface area contributed by atoms with E-state index in [0.29, 0.717) is 66.9 Å². The van der Waals surface area contributed by atoms with Crippen molar-refractivity contribution in [1.82, 2.24) is 20.4 Å². The van der Waals surface area contributed by atoms with Crippen molar-refractivity contribution in [3.8, 4) is 45.8 Å². The molecule has 11 nitrogen and oxygen atoms in total. The van der Waals surface area contributed by atoms with E-state index in [-0.39, 0.29) is 11.9 Å². The Kier molecular flexibility index (Phi) is 18.7. The smallest absolute Gasteiger partial charge is 0.311 e. The van der Waals surface area contributed by atoms with Crippen molar-refractivity contribution < 1.29 is 33.3 Å². The van der Waals surface area contributed by atoms with Gasteiger partial charge in [0.05, 0.1) is 24.6 Å². The van der Waals surface area contributed by atoms with E-state index in [2.05, 4.69) is 20.4 Å². The fourth-order valence-electron chi connectivity index (χ4n) is 8.68. The maximum atomic E-state index is 12.6. The van der Waals surface area contributed by atoms with Crippen molar-refractivity contribution in [2.75, 3.05) is 13.2 Å². The number of aromatic nitrogens is 4. The molecule has 62 heavy (non-hydrogen) atoms. The third-order valence-corrected chi connectivity index (χ3v) is 12.5. The Labute approximate surface area is 368 Å². The summed E-state index contributed by atoms with van der Waals surface area (Å²) in [7, 11) is 0. The largest absolute Gasteiger partial charge is 0.476 e. The van der Waals surface area contributed by atoms with Gasteiger partial charge in [-0.05, 0) is 136 Å². The molecule has 2 aliphatic carbocycles. The van der Waals surface area contributed by atoms with E-state index in [9.17, 15) is 14.4 Å². The first-order chi connectivity index (χ1) is 30.3. The van der Waals surface area contributed by atoms with Gasteiger partial charge in [-0.3, -0.25) is 14.4 Å². The van der Waals surface area contributed by atoms with Crippen LogP contribution in [0.5, 0.6) is 23.3 Å². The molecule has 4 aromatic rings. The minimum atomic E-state index is -0.224. The SMILES string of the molecule is CCCC(=O)Oc1ccc(-c2ccc(OCC3CCC(CCCCC(=O)CCCCC4CCC(COc5ccc(-c6ccc(OC(=O)CCC)cc6)nn5)CC4)CC3)nn2)cc1. The maximum Gasteiger partial charge on any atom is 0.311 e. The highest BCUT2D eigenvalue weighted by Crippen LogP contribution is 2.34. The van der Waals surface area contributed by atoms with Crippen LogP contribution in [0.4, 0.5) is 0 Å². The molecule has 0 N–H and O–H groups in total. The predicted octanol–water partition coefficient (Wildman–Crippen LogP) is 11.8. The zero-order valence-electron chi connectivity index (χ0n) is 36.9.